The van der Waals surface area contributed by atoms with Crippen molar-refractivity contribution in [2.45, 2.75) is 418 Å². The molecule has 0 aliphatic heterocycles. The number of carbonyl (C=O) groups excluding carboxylic acids is 2. The first kappa shape index (κ1) is 95.2. The summed E-state index contributed by atoms with van der Waals surface area (Å²) in [4.78, 5) is 38.2. The second kappa shape index (κ2) is 78.3. The number of hydrogen-bond acceptors (Lipinski definition) is 8. The van der Waals surface area contributed by atoms with Crippen molar-refractivity contribution in [2.24, 2.45) is 0 Å². The molecule has 0 heterocycles. The van der Waals surface area contributed by atoms with Crippen LogP contribution < -0.4 is 4.89 Å². The average Bonchev–Trinajstić information content (AvgIpc) is 1.08. The number of rotatable bonds is 79. The normalized spacial score (nSPS) is 13.4. The molecule has 0 fully saturated rings. The highest BCUT2D eigenvalue weighted by molar-refractivity contribution is 7.45. The third-order valence-electron chi connectivity index (χ3n) is 18.9. The maximum Gasteiger partial charge on any atom is 0.306 e. The van der Waals surface area contributed by atoms with E-state index in [0.29, 0.717) is 17.4 Å². The lowest BCUT2D eigenvalue weighted by molar-refractivity contribution is -0.870. The number of esters is 2. The summed E-state index contributed by atoms with van der Waals surface area (Å²) in [5.74, 6) is -0.817. The number of phosphoric ester groups is 1. The van der Waals surface area contributed by atoms with Gasteiger partial charge in [-0.05, 0) is 89.9 Å². The summed E-state index contributed by atoms with van der Waals surface area (Å²) >= 11 is 0. The maximum absolute atomic E-state index is 12.9. The van der Waals surface area contributed by atoms with Crippen LogP contribution in [-0.2, 0) is 32.7 Å². The molecule has 98 heavy (non-hydrogen) atoms. The number of phosphoric acid groups is 1. The Hall–Kier alpha value is -2.81. The fourth-order valence-electron chi connectivity index (χ4n) is 12.5. The monoisotopic (exact) mass is 1390 g/mol. The lowest BCUT2D eigenvalue weighted by Gasteiger charge is -2.28. The minimum Gasteiger partial charge on any atom is -0.756 e. The molecule has 2 unspecified atom stereocenters. The highest BCUT2D eigenvalue weighted by Crippen LogP contribution is 2.38. The number of hydrogen-bond donors (Lipinski definition) is 0. The van der Waals surface area contributed by atoms with Crippen molar-refractivity contribution in [3.8, 4) is 0 Å². The molecule has 0 amide bonds. The summed E-state index contributed by atoms with van der Waals surface area (Å²) in [5.41, 5.74) is 0. The minimum atomic E-state index is -4.65. The second-order valence-electron chi connectivity index (χ2n) is 29.8. The standard InChI is InChI=1S/C88H162NO8P/c1-6-8-10-12-14-16-18-20-22-24-26-28-30-32-34-36-38-40-41-42-43-44-45-46-47-49-50-52-54-56-58-60-62-64-66-68-70-72-74-76-78-80-87(90)94-84-86(85-96-98(92,93)95-83-82-89(3,4)5)97-88(91)81-79-77-75-73-71-69-67-65-63-61-59-57-55-53-51-48-39-37-35-33-31-29-27-25-23-21-19-17-15-13-11-9-7-2/h9,11,15,17,21,23-24,26-27,29,33,35,39,48,86H,6-8,10,12-14,16,18-20,22,25,28,30-32,34,36-38,40-47,49-85H2,1-5H3/b11-9-,17-15-,23-21-,26-24-,29-27-,35-33-,48-39-. The van der Waals surface area contributed by atoms with Crippen molar-refractivity contribution in [2.75, 3.05) is 47.5 Å². The van der Waals surface area contributed by atoms with Crippen LogP contribution in [0, 0.1) is 0 Å². The average molecular weight is 1390 g/mol. The number of ether oxygens (including phenoxy) is 2. The van der Waals surface area contributed by atoms with Crippen LogP contribution in [0.1, 0.15) is 412 Å². The van der Waals surface area contributed by atoms with Crippen molar-refractivity contribution in [3.63, 3.8) is 0 Å². The van der Waals surface area contributed by atoms with Crippen LogP contribution >= 0.6 is 7.82 Å². The van der Waals surface area contributed by atoms with Gasteiger partial charge in [-0.2, -0.15) is 0 Å². The molecule has 0 bridgehead atoms. The predicted octanol–water partition coefficient (Wildman–Crippen LogP) is 27.8. The van der Waals surface area contributed by atoms with E-state index in [4.69, 9.17) is 18.5 Å². The van der Waals surface area contributed by atoms with Gasteiger partial charge in [0.2, 0.25) is 0 Å². The van der Waals surface area contributed by atoms with Gasteiger partial charge in [0.15, 0.2) is 6.10 Å². The Kier molecular flexibility index (Phi) is 76.1. The summed E-state index contributed by atoms with van der Waals surface area (Å²) in [5, 5.41) is 0. The zero-order valence-corrected chi connectivity index (χ0v) is 66.4. The van der Waals surface area contributed by atoms with E-state index < -0.39 is 26.5 Å². The molecule has 0 N–H and O–H groups in total. The molecule has 0 aromatic rings. The lowest BCUT2D eigenvalue weighted by Crippen LogP contribution is -2.37. The zero-order valence-electron chi connectivity index (χ0n) is 65.5. The quantitative estimate of drug-likeness (QED) is 0.0195. The van der Waals surface area contributed by atoms with Crippen molar-refractivity contribution < 1.29 is 42.1 Å². The Morgan fingerprint density at radius 3 is 0.878 bits per heavy atom. The molecule has 0 saturated carbocycles. The Labute approximate surface area is 609 Å². The first-order valence-electron chi connectivity index (χ1n) is 42.3. The summed E-state index contributed by atoms with van der Waals surface area (Å²) < 4.78 is 34.4. The first-order chi connectivity index (χ1) is 48.0. The molecule has 0 saturated heterocycles. The summed E-state index contributed by atoms with van der Waals surface area (Å²) in [6.07, 6.45) is 109. The van der Waals surface area contributed by atoms with E-state index >= 15 is 0 Å². The van der Waals surface area contributed by atoms with Crippen LogP contribution in [0.5, 0.6) is 0 Å². The molecule has 0 aromatic heterocycles. The number of carbonyl (C=O) groups is 2. The largest absolute Gasteiger partial charge is 0.756 e. The van der Waals surface area contributed by atoms with Gasteiger partial charge in [0.25, 0.3) is 7.82 Å². The van der Waals surface area contributed by atoms with Crippen LogP contribution in [0.2, 0.25) is 0 Å². The zero-order chi connectivity index (χ0) is 71.1. The Morgan fingerprint density at radius 2 is 0.582 bits per heavy atom. The van der Waals surface area contributed by atoms with Gasteiger partial charge in [0.1, 0.15) is 19.8 Å². The van der Waals surface area contributed by atoms with Gasteiger partial charge in [0.05, 0.1) is 27.7 Å². The van der Waals surface area contributed by atoms with E-state index in [9.17, 15) is 19.0 Å². The van der Waals surface area contributed by atoms with Gasteiger partial charge in [-0.15, -0.1) is 0 Å². The van der Waals surface area contributed by atoms with Gasteiger partial charge in [0, 0.05) is 12.8 Å². The minimum absolute atomic E-state index is 0.0311. The van der Waals surface area contributed by atoms with E-state index in [1.807, 2.05) is 21.1 Å². The van der Waals surface area contributed by atoms with Crippen molar-refractivity contribution in [1.82, 2.24) is 0 Å². The molecule has 9 nitrogen and oxygen atoms in total. The highest BCUT2D eigenvalue weighted by atomic mass is 31.2. The number of quaternary nitrogens is 1. The van der Waals surface area contributed by atoms with E-state index in [0.717, 1.165) is 77.0 Å². The van der Waals surface area contributed by atoms with E-state index in [-0.39, 0.29) is 32.0 Å². The molecular formula is C88H162NO8P. The topological polar surface area (TPSA) is 111 Å². The molecule has 2 atom stereocenters. The van der Waals surface area contributed by atoms with Crippen LogP contribution in [0.4, 0.5) is 0 Å². The molecule has 0 spiro atoms. The Balaban J connectivity index is 3.89. The highest BCUT2D eigenvalue weighted by Gasteiger charge is 2.22. The second-order valence-corrected chi connectivity index (χ2v) is 31.2. The Morgan fingerprint density at radius 1 is 0.327 bits per heavy atom. The molecule has 10 heteroatoms. The van der Waals surface area contributed by atoms with Gasteiger partial charge in [-0.1, -0.05) is 394 Å². The summed E-state index contributed by atoms with van der Waals surface area (Å²) in [6, 6.07) is 0. The van der Waals surface area contributed by atoms with Crippen LogP contribution in [0.25, 0.3) is 0 Å². The molecular weight excluding hydrogens is 1230 g/mol. The number of nitrogens with zero attached hydrogens (tertiary/aromatic N) is 1. The fraction of sp³-hybridized carbons (Fsp3) is 0.818. The third kappa shape index (κ3) is 82.1. The summed E-state index contributed by atoms with van der Waals surface area (Å²) in [7, 11) is 1.18. The van der Waals surface area contributed by atoms with Crippen LogP contribution in [0.15, 0.2) is 85.1 Å². The molecule has 572 valence electrons. The van der Waals surface area contributed by atoms with Gasteiger partial charge < -0.3 is 27.9 Å². The molecule has 0 radical (unpaired) electrons. The van der Waals surface area contributed by atoms with Crippen molar-refractivity contribution in [3.05, 3.63) is 85.1 Å². The number of likely N-dealkylation sites (N-methyl/N-ethyl adjacent to an activating group) is 1. The first-order valence-corrected chi connectivity index (χ1v) is 43.8. The van der Waals surface area contributed by atoms with E-state index in [2.05, 4.69) is 98.9 Å². The SMILES string of the molecule is CC/C=C\C/C=C\C/C=C\C/C=C\C/C=C\C/C=C\CCCCCCCCCCCCCCCCC(=O)OC(COC(=O)CCCCCCCCCCCCCCCCCCCCCCCCCCCCCCC/C=C\CCCCCCCCCC)COP(=O)([O-])OCC[N+](C)(C)C. The van der Waals surface area contributed by atoms with Crippen molar-refractivity contribution >= 4 is 19.8 Å². The smallest absolute Gasteiger partial charge is 0.306 e. The molecule has 0 rings (SSSR count). The third-order valence-corrected chi connectivity index (χ3v) is 19.9. The van der Waals surface area contributed by atoms with Gasteiger partial charge in [-0.3, -0.25) is 14.2 Å². The predicted molar refractivity (Wildman–Crippen MR) is 425 cm³/mol. The molecule has 0 aliphatic carbocycles. The molecule has 0 aliphatic rings. The van der Waals surface area contributed by atoms with Gasteiger partial charge >= 0.3 is 11.9 Å². The fourth-order valence-corrected chi connectivity index (χ4v) is 13.2. The van der Waals surface area contributed by atoms with Crippen molar-refractivity contribution in [1.29, 1.82) is 0 Å². The molecule has 0 aromatic carbocycles. The van der Waals surface area contributed by atoms with Gasteiger partial charge in [-0.25, -0.2) is 0 Å². The van der Waals surface area contributed by atoms with Crippen LogP contribution in [-0.4, -0.2) is 70.0 Å². The number of allylic oxidation sites excluding steroid dienone is 14. The number of unbranched alkanes of at least 4 members (excludes halogenated alkanes) is 51. The van der Waals surface area contributed by atoms with Crippen LogP contribution in [0.3, 0.4) is 0 Å². The maximum atomic E-state index is 12.9. The van der Waals surface area contributed by atoms with E-state index in [1.54, 1.807) is 0 Å². The summed E-state index contributed by atoms with van der Waals surface area (Å²) in [6.45, 7) is 4.18. The Bertz CT molecular complexity index is 1930. The lowest BCUT2D eigenvalue weighted by atomic mass is 10.0. The van der Waals surface area contributed by atoms with E-state index in [1.165, 1.54) is 302 Å².